The summed E-state index contributed by atoms with van der Waals surface area (Å²) in [7, 11) is 0. The Morgan fingerprint density at radius 1 is 0.514 bits per heavy atom. The standard InChI is InChI=1S/C31H60O4/c1-3-5-7-9-11-12-13-14-16-18-24-28-31(34)35-29(25-21-17-15-10-8-6-4-2)26-22-19-20-23-27-30(32)33/h29H,3-28H2,1-2H3,(H,32,33). The molecular weight excluding hydrogens is 436 g/mol. The monoisotopic (exact) mass is 496 g/mol. The third kappa shape index (κ3) is 27.4. The highest BCUT2D eigenvalue weighted by Gasteiger charge is 2.14. The highest BCUT2D eigenvalue weighted by Crippen LogP contribution is 2.18. The predicted octanol–water partition coefficient (Wildman–Crippen LogP) is 10.2. The molecular formula is C31H60O4. The smallest absolute Gasteiger partial charge is 0.306 e. The molecule has 35 heavy (non-hydrogen) atoms. The molecule has 0 fully saturated rings. The lowest BCUT2D eigenvalue weighted by molar-refractivity contribution is -0.150. The van der Waals surface area contributed by atoms with Crippen molar-refractivity contribution in [3.63, 3.8) is 0 Å². The molecule has 0 aromatic carbocycles. The van der Waals surface area contributed by atoms with Crippen LogP contribution in [-0.2, 0) is 14.3 Å². The van der Waals surface area contributed by atoms with Crippen molar-refractivity contribution in [2.75, 3.05) is 0 Å². The lowest BCUT2D eigenvalue weighted by Crippen LogP contribution is -2.18. The second kappa shape index (κ2) is 27.5. The maximum Gasteiger partial charge on any atom is 0.306 e. The SMILES string of the molecule is CCCCCCCCCCCCCC(=O)OC(CCCCCCCCC)CCCCCCC(=O)O. The minimum Gasteiger partial charge on any atom is -0.481 e. The number of hydrogen-bond donors (Lipinski definition) is 1. The summed E-state index contributed by atoms with van der Waals surface area (Å²) in [6.45, 7) is 4.51. The van der Waals surface area contributed by atoms with Gasteiger partial charge in [0.15, 0.2) is 0 Å². The van der Waals surface area contributed by atoms with Gasteiger partial charge in [0.1, 0.15) is 6.10 Å². The van der Waals surface area contributed by atoms with Crippen molar-refractivity contribution in [1.82, 2.24) is 0 Å². The summed E-state index contributed by atoms with van der Waals surface area (Å²) >= 11 is 0. The van der Waals surface area contributed by atoms with E-state index in [1.54, 1.807) is 0 Å². The molecule has 4 heteroatoms. The first kappa shape index (κ1) is 33.9. The molecule has 0 amide bonds. The Labute approximate surface area is 218 Å². The van der Waals surface area contributed by atoms with E-state index in [-0.39, 0.29) is 18.5 Å². The number of carboxylic acid groups (broad SMARTS) is 1. The van der Waals surface area contributed by atoms with Gasteiger partial charge in [0.05, 0.1) is 0 Å². The number of hydrogen-bond acceptors (Lipinski definition) is 3. The lowest BCUT2D eigenvalue weighted by Gasteiger charge is -2.18. The van der Waals surface area contributed by atoms with Gasteiger partial charge in [0.25, 0.3) is 0 Å². The van der Waals surface area contributed by atoms with Crippen molar-refractivity contribution in [1.29, 1.82) is 0 Å². The molecule has 0 bridgehead atoms. The zero-order valence-corrected chi connectivity index (χ0v) is 23.6. The molecule has 1 N–H and O–H groups in total. The molecule has 0 spiro atoms. The minimum absolute atomic E-state index is 0.0141. The normalized spacial score (nSPS) is 12.1. The van der Waals surface area contributed by atoms with Crippen molar-refractivity contribution in [3.8, 4) is 0 Å². The van der Waals surface area contributed by atoms with E-state index in [1.165, 1.54) is 96.3 Å². The van der Waals surface area contributed by atoms with E-state index in [9.17, 15) is 9.59 Å². The molecule has 0 heterocycles. The highest BCUT2D eigenvalue weighted by atomic mass is 16.5. The van der Waals surface area contributed by atoms with Crippen LogP contribution in [0.25, 0.3) is 0 Å². The molecule has 0 aliphatic carbocycles. The van der Waals surface area contributed by atoms with Gasteiger partial charge in [-0.25, -0.2) is 0 Å². The van der Waals surface area contributed by atoms with Gasteiger partial charge < -0.3 is 9.84 Å². The van der Waals surface area contributed by atoms with Crippen LogP contribution in [0.5, 0.6) is 0 Å². The molecule has 0 aliphatic rings. The summed E-state index contributed by atoms with van der Waals surface area (Å²) in [5.74, 6) is -0.724. The van der Waals surface area contributed by atoms with Crippen molar-refractivity contribution in [2.24, 2.45) is 0 Å². The fourth-order valence-corrected chi connectivity index (χ4v) is 4.77. The first-order valence-electron chi connectivity index (χ1n) is 15.5. The zero-order chi connectivity index (χ0) is 25.8. The molecule has 0 aliphatic heterocycles. The molecule has 0 radical (unpaired) electrons. The molecule has 1 unspecified atom stereocenters. The average Bonchev–Trinajstić information content (AvgIpc) is 2.83. The highest BCUT2D eigenvalue weighted by molar-refractivity contribution is 5.69. The third-order valence-corrected chi connectivity index (χ3v) is 7.08. The van der Waals surface area contributed by atoms with E-state index in [4.69, 9.17) is 9.84 Å². The number of esters is 1. The summed E-state index contributed by atoms with van der Waals surface area (Å²) in [4.78, 5) is 23.1. The number of carbonyl (C=O) groups is 2. The molecule has 0 aromatic rings. The van der Waals surface area contributed by atoms with E-state index in [0.717, 1.165) is 57.8 Å². The summed E-state index contributed by atoms with van der Waals surface area (Å²) in [5, 5.41) is 8.77. The van der Waals surface area contributed by atoms with Crippen molar-refractivity contribution >= 4 is 11.9 Å². The van der Waals surface area contributed by atoms with E-state index in [2.05, 4.69) is 13.8 Å². The van der Waals surface area contributed by atoms with Crippen LogP contribution in [0, 0.1) is 0 Å². The third-order valence-electron chi connectivity index (χ3n) is 7.08. The summed E-state index contributed by atoms with van der Waals surface area (Å²) in [5.41, 5.74) is 0. The van der Waals surface area contributed by atoms with Crippen molar-refractivity contribution in [2.45, 2.75) is 187 Å². The lowest BCUT2D eigenvalue weighted by atomic mass is 10.0. The van der Waals surface area contributed by atoms with Gasteiger partial charge in [-0.15, -0.1) is 0 Å². The number of ether oxygens (including phenoxy) is 1. The van der Waals surface area contributed by atoms with Crippen LogP contribution in [0.1, 0.15) is 181 Å². The number of aliphatic carboxylic acids is 1. The molecule has 0 rings (SSSR count). The molecule has 208 valence electrons. The predicted molar refractivity (Wildman–Crippen MR) is 149 cm³/mol. The van der Waals surface area contributed by atoms with Crippen LogP contribution in [0.2, 0.25) is 0 Å². The van der Waals surface area contributed by atoms with Crippen LogP contribution < -0.4 is 0 Å². The Morgan fingerprint density at radius 3 is 1.26 bits per heavy atom. The first-order valence-corrected chi connectivity index (χ1v) is 15.5. The number of carbonyl (C=O) groups excluding carboxylic acids is 1. The van der Waals surface area contributed by atoms with Crippen molar-refractivity contribution < 1.29 is 19.4 Å². The van der Waals surface area contributed by atoms with Gasteiger partial charge in [-0.2, -0.15) is 0 Å². The van der Waals surface area contributed by atoms with Gasteiger partial charge in [0.2, 0.25) is 0 Å². The van der Waals surface area contributed by atoms with Crippen LogP contribution in [0.4, 0.5) is 0 Å². The molecule has 4 nitrogen and oxygen atoms in total. The van der Waals surface area contributed by atoms with E-state index in [1.807, 2.05) is 0 Å². The topological polar surface area (TPSA) is 63.6 Å². The zero-order valence-electron chi connectivity index (χ0n) is 23.6. The number of carboxylic acids is 1. The maximum absolute atomic E-state index is 12.4. The fourth-order valence-electron chi connectivity index (χ4n) is 4.77. The average molecular weight is 497 g/mol. The first-order chi connectivity index (χ1) is 17.1. The Morgan fingerprint density at radius 2 is 0.857 bits per heavy atom. The van der Waals surface area contributed by atoms with E-state index < -0.39 is 5.97 Å². The van der Waals surface area contributed by atoms with Crippen LogP contribution in [0.15, 0.2) is 0 Å². The Kier molecular flexibility index (Phi) is 26.7. The Hall–Kier alpha value is -1.06. The van der Waals surface area contributed by atoms with E-state index >= 15 is 0 Å². The van der Waals surface area contributed by atoms with Crippen molar-refractivity contribution in [3.05, 3.63) is 0 Å². The van der Waals surface area contributed by atoms with Gasteiger partial charge >= 0.3 is 11.9 Å². The molecule has 0 saturated heterocycles. The second-order valence-corrected chi connectivity index (χ2v) is 10.7. The summed E-state index contributed by atoms with van der Waals surface area (Å²) in [6, 6.07) is 0. The van der Waals surface area contributed by atoms with Crippen LogP contribution >= 0.6 is 0 Å². The molecule has 0 aromatic heterocycles. The number of rotatable bonds is 28. The van der Waals surface area contributed by atoms with Crippen LogP contribution in [-0.4, -0.2) is 23.1 Å². The van der Waals surface area contributed by atoms with Gasteiger partial charge in [-0.05, 0) is 38.5 Å². The second-order valence-electron chi connectivity index (χ2n) is 10.7. The van der Waals surface area contributed by atoms with E-state index in [0.29, 0.717) is 6.42 Å². The maximum atomic E-state index is 12.4. The Balaban J connectivity index is 3.97. The Bertz CT molecular complexity index is 463. The summed E-state index contributed by atoms with van der Waals surface area (Å²) < 4.78 is 5.90. The van der Waals surface area contributed by atoms with Gasteiger partial charge in [-0.3, -0.25) is 9.59 Å². The van der Waals surface area contributed by atoms with Gasteiger partial charge in [0, 0.05) is 12.8 Å². The minimum atomic E-state index is -0.710. The van der Waals surface area contributed by atoms with Crippen LogP contribution in [0.3, 0.4) is 0 Å². The fraction of sp³-hybridized carbons (Fsp3) is 0.935. The van der Waals surface area contributed by atoms with Gasteiger partial charge in [-0.1, -0.05) is 129 Å². The molecule has 1 atom stereocenters. The number of unbranched alkanes of at least 4 members (excludes halogenated alkanes) is 19. The quantitative estimate of drug-likeness (QED) is 0.0864. The largest absolute Gasteiger partial charge is 0.481 e. The molecule has 0 saturated carbocycles. The summed E-state index contributed by atoms with van der Waals surface area (Å²) in [6.07, 6.45) is 29.6.